The van der Waals surface area contributed by atoms with Gasteiger partial charge in [0.15, 0.2) is 5.60 Å². The van der Waals surface area contributed by atoms with E-state index in [2.05, 4.69) is 45.0 Å². The van der Waals surface area contributed by atoms with E-state index in [0.29, 0.717) is 18.2 Å². The molecule has 0 fully saturated rings. The number of rotatable bonds is 12. The van der Waals surface area contributed by atoms with Gasteiger partial charge in [0.1, 0.15) is 5.75 Å². The number of benzene rings is 2. The quantitative estimate of drug-likeness (QED) is 0.365. The molecule has 6 nitrogen and oxygen atoms in total. The van der Waals surface area contributed by atoms with E-state index in [0.717, 1.165) is 49.0 Å². The summed E-state index contributed by atoms with van der Waals surface area (Å²) in [6, 6.07) is 16.1. The molecule has 188 valence electrons. The van der Waals surface area contributed by atoms with Crippen LogP contribution in [-0.2, 0) is 30.7 Å². The molecule has 35 heavy (non-hydrogen) atoms. The number of imidazole rings is 1. The topological polar surface area (TPSA) is 73.5 Å². The molecular weight excluding hydrogens is 440 g/mol. The Labute approximate surface area is 208 Å². The summed E-state index contributed by atoms with van der Waals surface area (Å²) in [5.41, 5.74) is 3.44. The number of carbonyl (C=O) groups is 1. The molecule has 0 unspecified atom stereocenters. The summed E-state index contributed by atoms with van der Waals surface area (Å²) in [6.45, 7) is 10.8. The van der Waals surface area contributed by atoms with Crippen molar-refractivity contribution >= 4 is 5.97 Å². The van der Waals surface area contributed by atoms with Crippen LogP contribution in [0.5, 0.6) is 5.75 Å². The molecule has 0 aliphatic rings. The van der Waals surface area contributed by atoms with Crippen molar-refractivity contribution in [1.82, 2.24) is 9.13 Å². The second-order valence-corrected chi connectivity index (χ2v) is 9.99. The fourth-order valence-corrected chi connectivity index (χ4v) is 4.10. The number of hydrogen-bond acceptors (Lipinski definition) is 3. The summed E-state index contributed by atoms with van der Waals surface area (Å²) in [4.78, 5) is 24.3. The molecular formula is C29H38N2O4. The Morgan fingerprint density at radius 1 is 1.00 bits per heavy atom. The van der Waals surface area contributed by atoms with E-state index >= 15 is 0 Å². The maximum Gasteiger partial charge on any atom is 0.347 e. The molecule has 1 heterocycles. The van der Waals surface area contributed by atoms with Gasteiger partial charge < -0.3 is 9.84 Å². The third-order valence-corrected chi connectivity index (χ3v) is 6.28. The van der Waals surface area contributed by atoms with Crippen molar-refractivity contribution in [3.05, 3.63) is 87.6 Å². The maximum absolute atomic E-state index is 13.1. The summed E-state index contributed by atoms with van der Waals surface area (Å²) in [5, 5.41) is 9.23. The first-order valence-corrected chi connectivity index (χ1v) is 12.5. The van der Waals surface area contributed by atoms with Crippen molar-refractivity contribution in [2.75, 3.05) is 0 Å². The molecule has 2 aromatic carbocycles. The molecule has 0 radical (unpaired) electrons. The van der Waals surface area contributed by atoms with Gasteiger partial charge in [-0.1, -0.05) is 57.2 Å². The van der Waals surface area contributed by atoms with E-state index in [4.69, 9.17) is 4.74 Å². The largest absolute Gasteiger partial charge is 0.478 e. The van der Waals surface area contributed by atoms with Gasteiger partial charge in [0.05, 0.1) is 6.54 Å². The average molecular weight is 479 g/mol. The third-order valence-electron chi connectivity index (χ3n) is 6.28. The molecule has 6 heteroatoms. The summed E-state index contributed by atoms with van der Waals surface area (Å²) < 4.78 is 9.31. The van der Waals surface area contributed by atoms with Gasteiger partial charge in [0.2, 0.25) is 0 Å². The highest BCUT2D eigenvalue weighted by molar-refractivity contribution is 5.76. The summed E-state index contributed by atoms with van der Waals surface area (Å²) in [7, 11) is 0. The Bertz CT molecular complexity index is 1170. The van der Waals surface area contributed by atoms with E-state index in [-0.39, 0.29) is 5.69 Å². The van der Waals surface area contributed by atoms with E-state index < -0.39 is 11.6 Å². The first kappa shape index (κ1) is 26.3. The Morgan fingerprint density at radius 3 is 2.20 bits per heavy atom. The van der Waals surface area contributed by atoms with Crippen LogP contribution < -0.4 is 10.4 Å². The third kappa shape index (κ3) is 6.87. The van der Waals surface area contributed by atoms with Crippen LogP contribution in [0, 0.1) is 0 Å². The lowest BCUT2D eigenvalue weighted by molar-refractivity contribution is -0.152. The zero-order chi connectivity index (χ0) is 25.6. The first-order valence-electron chi connectivity index (χ1n) is 12.5. The van der Waals surface area contributed by atoms with Gasteiger partial charge in [-0.3, -0.25) is 9.13 Å². The number of nitrogens with zero attached hydrogens (tertiary/aromatic N) is 2. The van der Waals surface area contributed by atoms with Crippen LogP contribution in [0.25, 0.3) is 0 Å². The predicted molar refractivity (Wildman–Crippen MR) is 139 cm³/mol. The van der Waals surface area contributed by atoms with Gasteiger partial charge in [-0.2, -0.15) is 0 Å². The number of aryl methyl sites for hydroxylation is 2. The van der Waals surface area contributed by atoms with Crippen molar-refractivity contribution < 1.29 is 14.6 Å². The van der Waals surface area contributed by atoms with Crippen molar-refractivity contribution in [2.24, 2.45) is 0 Å². The normalized spacial score (nSPS) is 11.7. The van der Waals surface area contributed by atoms with Crippen LogP contribution in [0.4, 0.5) is 0 Å². The van der Waals surface area contributed by atoms with Crippen molar-refractivity contribution in [3.8, 4) is 5.75 Å². The highest BCUT2D eigenvalue weighted by Gasteiger charge is 2.29. The number of carboxylic acid groups (broad SMARTS) is 1. The lowest BCUT2D eigenvalue weighted by Gasteiger charge is -2.21. The number of aliphatic carboxylic acids is 1. The molecule has 1 N–H and O–H groups in total. The Morgan fingerprint density at radius 2 is 1.63 bits per heavy atom. The van der Waals surface area contributed by atoms with Gasteiger partial charge >= 0.3 is 11.7 Å². The first-order chi connectivity index (χ1) is 16.6. The molecule has 0 amide bonds. The van der Waals surface area contributed by atoms with Crippen LogP contribution >= 0.6 is 0 Å². The van der Waals surface area contributed by atoms with E-state index in [1.165, 1.54) is 19.4 Å². The van der Waals surface area contributed by atoms with E-state index in [9.17, 15) is 14.7 Å². The number of carboxylic acids is 1. The van der Waals surface area contributed by atoms with Crippen LogP contribution in [0.2, 0.25) is 0 Å². The summed E-state index contributed by atoms with van der Waals surface area (Å²) in [6.07, 6.45) is 5.52. The van der Waals surface area contributed by atoms with E-state index in [1.807, 2.05) is 39.6 Å². The fraction of sp³-hybridized carbons (Fsp3) is 0.448. The van der Waals surface area contributed by atoms with Crippen LogP contribution in [0.1, 0.15) is 75.8 Å². The second kappa shape index (κ2) is 11.4. The van der Waals surface area contributed by atoms with Gasteiger partial charge in [0.25, 0.3) is 0 Å². The molecule has 0 aliphatic heterocycles. The predicted octanol–water partition coefficient (Wildman–Crippen LogP) is 5.65. The van der Waals surface area contributed by atoms with Gasteiger partial charge in [-0.05, 0) is 74.3 Å². The van der Waals surface area contributed by atoms with Crippen LogP contribution in [0.3, 0.4) is 0 Å². The smallest absolute Gasteiger partial charge is 0.347 e. The number of hydrogen-bond donors (Lipinski definition) is 1. The summed E-state index contributed by atoms with van der Waals surface area (Å²) >= 11 is 0. The standard InChI is InChI=1S/C29H38N2O4/c1-6-18-31-25(20-30(28(31)34)19-23-10-14-24(15-11-23)21(2)3)9-7-8-22-12-16-26(17-13-22)35-29(4,5)27(32)33/h10-17,20-21H,6-9,18-19H2,1-5H3,(H,32,33). The fourth-order valence-electron chi connectivity index (χ4n) is 4.10. The van der Waals surface area contributed by atoms with Crippen molar-refractivity contribution in [3.63, 3.8) is 0 Å². The van der Waals surface area contributed by atoms with Crippen molar-refractivity contribution in [1.29, 1.82) is 0 Å². The van der Waals surface area contributed by atoms with Gasteiger partial charge in [-0.25, -0.2) is 9.59 Å². The minimum atomic E-state index is -1.27. The minimum absolute atomic E-state index is 0.0531. The number of aromatic nitrogens is 2. The molecule has 1 aromatic heterocycles. The Hall–Kier alpha value is -3.28. The van der Waals surface area contributed by atoms with Crippen LogP contribution in [0.15, 0.2) is 59.5 Å². The van der Waals surface area contributed by atoms with Crippen LogP contribution in [-0.4, -0.2) is 25.8 Å². The molecule has 0 bridgehead atoms. The maximum atomic E-state index is 13.1. The Balaban J connectivity index is 1.64. The SMILES string of the molecule is CCCn1c(CCCc2ccc(OC(C)(C)C(=O)O)cc2)cn(Cc2ccc(C(C)C)cc2)c1=O. The lowest BCUT2D eigenvalue weighted by Crippen LogP contribution is -2.37. The average Bonchev–Trinajstić information content (AvgIpc) is 3.09. The lowest BCUT2D eigenvalue weighted by atomic mass is 10.0. The van der Waals surface area contributed by atoms with Gasteiger partial charge in [0, 0.05) is 18.4 Å². The molecule has 3 aromatic rings. The van der Waals surface area contributed by atoms with E-state index in [1.54, 1.807) is 0 Å². The molecule has 0 saturated carbocycles. The minimum Gasteiger partial charge on any atom is -0.478 e. The highest BCUT2D eigenvalue weighted by atomic mass is 16.5. The molecule has 3 rings (SSSR count). The molecule has 0 spiro atoms. The van der Waals surface area contributed by atoms with Crippen molar-refractivity contribution in [2.45, 2.75) is 84.9 Å². The summed E-state index contributed by atoms with van der Waals surface area (Å²) in [5.74, 6) is 0.0278. The molecule has 0 saturated heterocycles. The zero-order valence-electron chi connectivity index (χ0n) is 21.6. The number of ether oxygens (including phenoxy) is 1. The molecule has 0 aliphatic carbocycles. The van der Waals surface area contributed by atoms with Gasteiger partial charge in [-0.15, -0.1) is 0 Å². The zero-order valence-corrected chi connectivity index (χ0v) is 21.6. The Kier molecular flexibility index (Phi) is 8.60. The highest BCUT2D eigenvalue weighted by Crippen LogP contribution is 2.20. The molecule has 0 atom stereocenters. The monoisotopic (exact) mass is 478 g/mol. The second-order valence-electron chi connectivity index (χ2n) is 9.99.